The third kappa shape index (κ3) is 6.42. The van der Waals surface area contributed by atoms with Crippen molar-refractivity contribution in [3.05, 3.63) is 83.9 Å². The molecule has 110 valence electrons. The summed E-state index contributed by atoms with van der Waals surface area (Å²) in [5.74, 6) is 0. The molecule has 1 nitrogen and oxygen atoms in total. The lowest BCUT2D eigenvalue weighted by Crippen LogP contribution is -2.17. The molecule has 0 radical (unpaired) electrons. The molecule has 0 atom stereocenters. The fourth-order valence-electron chi connectivity index (χ4n) is 2.40. The summed E-state index contributed by atoms with van der Waals surface area (Å²) in [6, 6.07) is 21.3. The van der Waals surface area contributed by atoms with Crippen LogP contribution in [-0.4, -0.2) is 18.5 Å². The molecule has 0 saturated carbocycles. The minimum absolute atomic E-state index is 1.01. The largest absolute Gasteiger partial charge is 0.298 e. The molecule has 21 heavy (non-hydrogen) atoms. The van der Waals surface area contributed by atoms with Gasteiger partial charge in [0.15, 0.2) is 0 Å². The molecule has 0 heterocycles. The van der Waals surface area contributed by atoms with Crippen LogP contribution >= 0.6 is 0 Å². The van der Waals surface area contributed by atoms with Gasteiger partial charge in [-0.3, -0.25) is 4.90 Å². The summed E-state index contributed by atoms with van der Waals surface area (Å²) in [6.45, 7) is 2.02. The smallest absolute Gasteiger partial charge is 0.0233 e. The van der Waals surface area contributed by atoms with Crippen LogP contribution in [0.4, 0.5) is 0 Å². The van der Waals surface area contributed by atoms with Crippen LogP contribution in [0.25, 0.3) is 0 Å². The van der Waals surface area contributed by atoms with Gasteiger partial charge in [-0.2, -0.15) is 0 Å². The van der Waals surface area contributed by atoms with E-state index in [0.717, 1.165) is 19.5 Å². The molecule has 0 bridgehead atoms. The third-order valence-corrected chi connectivity index (χ3v) is 3.56. The van der Waals surface area contributed by atoms with E-state index >= 15 is 0 Å². The Bertz CT molecular complexity index is 516. The van der Waals surface area contributed by atoms with Crippen LogP contribution in [0.15, 0.2) is 72.8 Å². The van der Waals surface area contributed by atoms with Crippen LogP contribution in [-0.2, 0) is 13.0 Å². The lowest BCUT2D eigenvalue weighted by molar-refractivity contribution is 0.363. The molecule has 2 rings (SSSR count). The van der Waals surface area contributed by atoms with E-state index in [4.69, 9.17) is 0 Å². The summed E-state index contributed by atoms with van der Waals surface area (Å²) in [6.07, 6.45) is 8.15. The molecule has 0 N–H and O–H groups in total. The molecule has 2 aromatic carbocycles. The number of nitrogens with zero attached hydrogens (tertiary/aromatic N) is 1. The van der Waals surface area contributed by atoms with Crippen molar-refractivity contribution >= 4 is 0 Å². The molecule has 1 heteroatoms. The Hall–Kier alpha value is -1.86. The maximum atomic E-state index is 2.34. The Morgan fingerprint density at radius 2 is 1.43 bits per heavy atom. The van der Waals surface area contributed by atoms with Gasteiger partial charge in [-0.25, -0.2) is 0 Å². The highest BCUT2D eigenvalue weighted by Crippen LogP contribution is 2.05. The molecule has 0 aliphatic carbocycles. The van der Waals surface area contributed by atoms with Crippen LogP contribution in [0.5, 0.6) is 0 Å². The van der Waals surface area contributed by atoms with Gasteiger partial charge in [-0.1, -0.05) is 72.8 Å². The first-order valence-corrected chi connectivity index (χ1v) is 7.76. The van der Waals surface area contributed by atoms with Crippen molar-refractivity contribution in [2.24, 2.45) is 0 Å². The van der Waals surface area contributed by atoms with Crippen molar-refractivity contribution in [1.82, 2.24) is 4.90 Å². The highest BCUT2D eigenvalue weighted by atomic mass is 15.1. The van der Waals surface area contributed by atoms with Gasteiger partial charge in [-0.15, -0.1) is 0 Å². The molecule has 0 aromatic heterocycles. The molecule has 0 aliphatic rings. The van der Waals surface area contributed by atoms with Crippen molar-refractivity contribution in [1.29, 1.82) is 0 Å². The molecule has 2 aromatic rings. The maximum Gasteiger partial charge on any atom is 0.0233 e. The van der Waals surface area contributed by atoms with Crippen molar-refractivity contribution in [2.75, 3.05) is 13.6 Å². The lowest BCUT2D eigenvalue weighted by Gasteiger charge is -2.14. The Balaban J connectivity index is 1.59. The Morgan fingerprint density at radius 1 is 0.810 bits per heavy atom. The maximum absolute atomic E-state index is 2.34. The molecule has 0 unspecified atom stereocenters. The second-order valence-corrected chi connectivity index (χ2v) is 5.53. The average molecular weight is 279 g/mol. The third-order valence-electron chi connectivity index (χ3n) is 3.56. The SMILES string of the molecule is CN(C/C=C/CCCc1ccccc1)Cc1ccccc1. The Kier molecular flexibility index (Phi) is 6.76. The molecular weight excluding hydrogens is 254 g/mol. The molecule has 0 fully saturated rings. The van der Waals surface area contributed by atoms with Crippen LogP contribution in [0.2, 0.25) is 0 Å². The van der Waals surface area contributed by atoms with Crippen molar-refractivity contribution in [3.63, 3.8) is 0 Å². The quantitative estimate of drug-likeness (QED) is 0.500. The minimum Gasteiger partial charge on any atom is -0.298 e. The summed E-state index contributed by atoms with van der Waals surface area (Å²) in [5, 5.41) is 0. The molecule has 0 aliphatic heterocycles. The lowest BCUT2D eigenvalue weighted by atomic mass is 10.1. The first kappa shape index (κ1) is 15.5. The number of allylic oxidation sites excluding steroid dienone is 1. The van der Waals surface area contributed by atoms with Gasteiger partial charge in [0.2, 0.25) is 0 Å². The summed E-state index contributed by atoms with van der Waals surface area (Å²) in [7, 11) is 2.17. The molecular formula is C20H25N. The first-order valence-electron chi connectivity index (χ1n) is 7.76. The summed E-state index contributed by atoms with van der Waals surface area (Å²) >= 11 is 0. The van der Waals surface area contributed by atoms with Crippen LogP contribution < -0.4 is 0 Å². The zero-order valence-corrected chi connectivity index (χ0v) is 12.9. The minimum atomic E-state index is 1.01. The van der Waals surface area contributed by atoms with E-state index in [1.807, 2.05) is 0 Å². The van der Waals surface area contributed by atoms with Crippen molar-refractivity contribution in [3.8, 4) is 0 Å². The first-order chi connectivity index (χ1) is 10.3. The number of hydrogen-bond acceptors (Lipinski definition) is 1. The standard InChI is InChI=1S/C20H25N/c1-21(18-20-15-9-5-10-16-20)17-11-3-2-6-12-19-13-7-4-8-14-19/h3-5,7-11,13-16H,2,6,12,17-18H2,1H3/b11-3+. The van der Waals surface area contributed by atoms with Gasteiger partial charge in [0.05, 0.1) is 0 Å². The van der Waals surface area contributed by atoms with E-state index in [0.29, 0.717) is 0 Å². The van der Waals surface area contributed by atoms with E-state index in [9.17, 15) is 0 Å². The zero-order valence-electron chi connectivity index (χ0n) is 12.9. The van der Waals surface area contributed by atoms with Crippen LogP contribution in [0, 0.1) is 0 Å². The van der Waals surface area contributed by atoms with Gasteiger partial charge in [0.25, 0.3) is 0 Å². The molecule has 0 amide bonds. The molecule has 0 saturated heterocycles. The zero-order chi connectivity index (χ0) is 14.8. The number of unbranched alkanes of at least 4 members (excludes halogenated alkanes) is 1. The topological polar surface area (TPSA) is 3.24 Å². The number of aryl methyl sites for hydroxylation is 1. The van der Waals surface area contributed by atoms with Gasteiger partial charge < -0.3 is 0 Å². The second kappa shape index (κ2) is 9.15. The Labute approximate surface area is 128 Å². The van der Waals surface area contributed by atoms with Crippen LogP contribution in [0.1, 0.15) is 24.0 Å². The Morgan fingerprint density at radius 3 is 2.10 bits per heavy atom. The average Bonchev–Trinajstić information content (AvgIpc) is 2.53. The number of rotatable bonds is 8. The summed E-state index contributed by atoms with van der Waals surface area (Å²) in [4.78, 5) is 2.34. The van der Waals surface area contributed by atoms with Gasteiger partial charge in [0.1, 0.15) is 0 Å². The fourth-order valence-corrected chi connectivity index (χ4v) is 2.40. The van der Waals surface area contributed by atoms with Crippen LogP contribution in [0.3, 0.4) is 0 Å². The van der Waals surface area contributed by atoms with Crippen molar-refractivity contribution in [2.45, 2.75) is 25.8 Å². The molecule has 0 spiro atoms. The van der Waals surface area contributed by atoms with Gasteiger partial charge in [0, 0.05) is 13.1 Å². The van der Waals surface area contributed by atoms with E-state index in [1.165, 1.54) is 24.0 Å². The van der Waals surface area contributed by atoms with Crippen molar-refractivity contribution < 1.29 is 0 Å². The number of benzene rings is 2. The second-order valence-electron chi connectivity index (χ2n) is 5.53. The number of hydrogen-bond donors (Lipinski definition) is 0. The van der Waals surface area contributed by atoms with E-state index < -0.39 is 0 Å². The van der Waals surface area contributed by atoms with E-state index in [-0.39, 0.29) is 0 Å². The summed E-state index contributed by atoms with van der Waals surface area (Å²) in [5.41, 5.74) is 2.81. The van der Waals surface area contributed by atoms with Gasteiger partial charge >= 0.3 is 0 Å². The van der Waals surface area contributed by atoms with E-state index in [2.05, 4.69) is 84.8 Å². The fraction of sp³-hybridized carbons (Fsp3) is 0.300. The normalized spacial score (nSPS) is 11.3. The monoisotopic (exact) mass is 279 g/mol. The highest BCUT2D eigenvalue weighted by molar-refractivity contribution is 5.15. The predicted molar refractivity (Wildman–Crippen MR) is 91.3 cm³/mol. The van der Waals surface area contributed by atoms with E-state index in [1.54, 1.807) is 0 Å². The number of likely N-dealkylation sites (N-methyl/N-ethyl adjacent to an activating group) is 1. The predicted octanol–water partition coefficient (Wildman–Crippen LogP) is 4.70. The summed E-state index contributed by atoms with van der Waals surface area (Å²) < 4.78 is 0. The van der Waals surface area contributed by atoms with Gasteiger partial charge in [-0.05, 0) is 37.4 Å². The highest BCUT2D eigenvalue weighted by Gasteiger charge is 1.96.